The Hall–Kier alpha value is -4.95. The Kier molecular flexibility index (Phi) is 16.2. The van der Waals surface area contributed by atoms with Gasteiger partial charge in [0.1, 0.15) is 5.75 Å². The van der Waals surface area contributed by atoms with Gasteiger partial charge in [-0.1, -0.05) is 33.6 Å². The fraction of sp³-hybridized carbons (Fsp3) is 0.308. The minimum atomic E-state index is -4.30. The van der Waals surface area contributed by atoms with Crippen LogP contribution in [0.25, 0.3) is 0 Å². The first-order chi connectivity index (χ1) is 24.9. The number of benzene rings is 4. The number of ether oxygens (including phenoxy) is 1. The monoisotopic (exact) mass is 834 g/mol. The van der Waals surface area contributed by atoms with Gasteiger partial charge in [-0.15, -0.1) is 0 Å². The molecule has 4 aromatic carbocycles. The number of carbonyl (C=O) groups is 3. The average molecular weight is 836 g/mol. The Morgan fingerprint density at radius 3 is 1.76 bits per heavy atom. The summed E-state index contributed by atoms with van der Waals surface area (Å²) in [5, 5.41) is 3.41. The molecule has 0 radical (unpaired) electrons. The minimum absolute atomic E-state index is 0.00877. The number of nitrogens with two attached hydrogens (primary N) is 1. The first-order valence-corrected chi connectivity index (χ1v) is 17.6. The molecule has 0 atom stereocenters. The minimum Gasteiger partial charge on any atom is -0.411 e. The van der Waals surface area contributed by atoms with Crippen LogP contribution in [0.5, 0.6) is 5.75 Å². The van der Waals surface area contributed by atoms with E-state index < -0.39 is 17.8 Å². The van der Waals surface area contributed by atoms with Crippen LogP contribution in [0.2, 0.25) is 5.02 Å². The van der Waals surface area contributed by atoms with Crippen molar-refractivity contribution in [2.24, 2.45) is 5.73 Å². The summed E-state index contributed by atoms with van der Waals surface area (Å²) >= 11 is 9.18. The van der Waals surface area contributed by atoms with E-state index in [-0.39, 0.29) is 17.4 Å². The van der Waals surface area contributed by atoms with Crippen molar-refractivity contribution in [1.82, 2.24) is 0 Å². The third-order valence-electron chi connectivity index (χ3n) is 7.31. The lowest BCUT2D eigenvalue weighted by Crippen LogP contribution is -2.44. The molecule has 0 aliphatic heterocycles. The smallest absolute Gasteiger partial charge is 0.411 e. The Balaban J connectivity index is 0.000000288. The van der Waals surface area contributed by atoms with E-state index in [9.17, 15) is 27.6 Å². The highest BCUT2D eigenvalue weighted by atomic mass is 79.9. The number of nitrogens with zero attached hydrogens (tertiary/aromatic N) is 4. The number of nitrogens with one attached hydrogen (secondary N) is 1. The summed E-state index contributed by atoms with van der Waals surface area (Å²) in [6.45, 7) is 7.58. The van der Waals surface area contributed by atoms with Gasteiger partial charge in [0.25, 0.3) is 5.91 Å². The van der Waals surface area contributed by atoms with Crippen LogP contribution in [-0.4, -0.2) is 65.7 Å². The number of hydrogen-bond donors (Lipinski definition) is 2. The van der Waals surface area contributed by atoms with E-state index in [0.29, 0.717) is 32.2 Å². The fourth-order valence-corrected chi connectivity index (χ4v) is 5.54. The Morgan fingerprint density at radius 1 is 0.741 bits per heavy atom. The van der Waals surface area contributed by atoms with Crippen LogP contribution < -0.4 is 35.4 Å². The molecule has 0 bridgehead atoms. The van der Waals surface area contributed by atoms with Crippen molar-refractivity contribution in [2.75, 3.05) is 67.2 Å². The SMILES string of the molecule is CC(=O)N(c1cc(Cl)cc(N(C)C)c1)C(C)(C)C.CN(C)c1cc(Br)cc(C(F)(F)F)c1.CN(C)c1cccc(C(=O)Nc2ccc(OC(N)=O)cc2)c1. The number of primary amides is 1. The number of hydrogen-bond acceptors (Lipinski definition) is 7. The summed E-state index contributed by atoms with van der Waals surface area (Å²) < 4.78 is 42.3. The summed E-state index contributed by atoms with van der Waals surface area (Å²) in [7, 11) is 11.1. The van der Waals surface area contributed by atoms with Crippen molar-refractivity contribution in [1.29, 1.82) is 0 Å². The largest absolute Gasteiger partial charge is 0.416 e. The Morgan fingerprint density at radius 2 is 1.28 bits per heavy atom. The molecule has 3 amide bonds. The summed E-state index contributed by atoms with van der Waals surface area (Å²) in [6.07, 6.45) is -5.17. The average Bonchev–Trinajstić information content (AvgIpc) is 3.04. The van der Waals surface area contributed by atoms with Gasteiger partial charge in [-0.2, -0.15) is 13.2 Å². The van der Waals surface area contributed by atoms with Gasteiger partial charge in [-0.3, -0.25) is 9.59 Å². The molecule has 0 fully saturated rings. The van der Waals surface area contributed by atoms with Gasteiger partial charge in [-0.25, -0.2) is 4.79 Å². The molecule has 0 saturated heterocycles. The van der Waals surface area contributed by atoms with E-state index in [4.69, 9.17) is 22.1 Å². The van der Waals surface area contributed by atoms with Gasteiger partial charge >= 0.3 is 12.3 Å². The van der Waals surface area contributed by atoms with Gasteiger partial charge in [-0.05, 0) is 99.6 Å². The van der Waals surface area contributed by atoms with Crippen molar-refractivity contribution in [3.63, 3.8) is 0 Å². The quantitative estimate of drug-likeness (QED) is 0.191. The predicted molar refractivity (Wildman–Crippen MR) is 218 cm³/mol. The molecule has 0 saturated carbocycles. The van der Waals surface area contributed by atoms with E-state index in [1.807, 2.05) is 89.1 Å². The molecule has 0 aromatic heterocycles. The van der Waals surface area contributed by atoms with Gasteiger partial charge in [0, 0.05) is 98.2 Å². The van der Waals surface area contributed by atoms with Crippen LogP contribution in [0.4, 0.5) is 46.4 Å². The Bertz CT molecular complexity index is 1900. The zero-order valence-electron chi connectivity index (χ0n) is 32.0. The maximum Gasteiger partial charge on any atom is 0.416 e. The van der Waals surface area contributed by atoms with Gasteiger partial charge in [0.15, 0.2) is 0 Å². The van der Waals surface area contributed by atoms with Crippen molar-refractivity contribution >= 4 is 73.9 Å². The third kappa shape index (κ3) is 14.5. The predicted octanol–water partition coefficient (Wildman–Crippen LogP) is 9.55. The van der Waals surface area contributed by atoms with Crippen LogP contribution in [0.15, 0.2) is 89.4 Å². The Labute approximate surface area is 328 Å². The standard InChI is InChI=1S/C16H17N3O3.C14H21ClN2O.C9H9BrF3N/c1-19(2)13-5-3-4-11(10-13)15(20)18-12-6-8-14(9-7-12)22-16(17)21;1-10(18)17(14(2,3)4)13-8-11(15)7-12(9-13)16(5)6;1-14(2)8-4-6(9(11,12)13)3-7(10)5-8/h3-10H,1-2H3,(H2,17,21)(H,18,20);7-9H,1-6H3;3-5H,1-2H3. The normalized spacial score (nSPS) is 10.8. The van der Waals surface area contributed by atoms with Crippen LogP contribution in [0.1, 0.15) is 43.6 Å². The molecular formula is C39H47BrClF3N6O4. The number of alkyl halides is 3. The van der Waals surface area contributed by atoms with Crippen molar-refractivity contribution in [2.45, 2.75) is 39.4 Å². The zero-order chi connectivity index (χ0) is 41.1. The second-order valence-corrected chi connectivity index (χ2v) is 14.9. The molecule has 0 aliphatic carbocycles. The molecule has 3 N–H and O–H groups in total. The molecule has 0 spiro atoms. The fourth-order valence-electron chi connectivity index (χ4n) is 4.83. The number of amides is 3. The van der Waals surface area contributed by atoms with Gasteiger partial charge < -0.3 is 35.4 Å². The van der Waals surface area contributed by atoms with E-state index >= 15 is 0 Å². The molecule has 15 heteroatoms. The maximum atomic E-state index is 12.4. The molecule has 292 valence electrons. The highest BCUT2D eigenvalue weighted by molar-refractivity contribution is 9.10. The highest BCUT2D eigenvalue weighted by Gasteiger charge is 2.31. The van der Waals surface area contributed by atoms with Crippen LogP contribution in [0, 0.1) is 0 Å². The lowest BCUT2D eigenvalue weighted by molar-refractivity contribution is -0.137. The highest BCUT2D eigenvalue weighted by Crippen LogP contribution is 2.34. The van der Waals surface area contributed by atoms with Crippen molar-refractivity contribution in [3.05, 3.63) is 106 Å². The van der Waals surface area contributed by atoms with Crippen LogP contribution >= 0.6 is 27.5 Å². The molecule has 0 heterocycles. The van der Waals surface area contributed by atoms with E-state index in [0.717, 1.165) is 29.2 Å². The van der Waals surface area contributed by atoms with E-state index in [1.165, 1.54) is 0 Å². The van der Waals surface area contributed by atoms with E-state index in [1.54, 1.807) is 73.3 Å². The zero-order valence-corrected chi connectivity index (χ0v) is 34.3. The van der Waals surface area contributed by atoms with Gasteiger partial charge in [0.05, 0.1) is 5.56 Å². The molecular weight excluding hydrogens is 789 g/mol. The summed E-state index contributed by atoms with van der Waals surface area (Å²) in [5.41, 5.74) is 8.42. The third-order valence-corrected chi connectivity index (χ3v) is 7.99. The first-order valence-electron chi connectivity index (χ1n) is 16.4. The van der Waals surface area contributed by atoms with Crippen LogP contribution in [-0.2, 0) is 11.0 Å². The lowest BCUT2D eigenvalue weighted by atomic mass is 10.0. The van der Waals surface area contributed by atoms with Crippen LogP contribution in [0.3, 0.4) is 0 Å². The second-order valence-electron chi connectivity index (χ2n) is 13.5. The molecule has 54 heavy (non-hydrogen) atoms. The number of halogens is 5. The number of anilines is 5. The summed E-state index contributed by atoms with van der Waals surface area (Å²) in [5.74, 6) is 0.113. The molecule has 4 aromatic rings. The molecule has 0 unspecified atom stereocenters. The first kappa shape index (κ1) is 45.2. The van der Waals surface area contributed by atoms with Crippen molar-refractivity contribution < 1.29 is 32.3 Å². The molecule has 10 nitrogen and oxygen atoms in total. The van der Waals surface area contributed by atoms with Gasteiger partial charge in [0.2, 0.25) is 5.91 Å². The molecule has 4 rings (SSSR count). The molecule has 0 aliphatic rings. The van der Waals surface area contributed by atoms with E-state index in [2.05, 4.69) is 21.2 Å². The lowest BCUT2D eigenvalue weighted by Gasteiger charge is -2.35. The summed E-state index contributed by atoms with van der Waals surface area (Å²) in [4.78, 5) is 42.0. The topological polar surface area (TPSA) is 111 Å². The maximum absolute atomic E-state index is 12.4. The number of rotatable bonds is 7. The second kappa shape index (κ2) is 19.4. The van der Waals surface area contributed by atoms with Crippen molar-refractivity contribution in [3.8, 4) is 5.75 Å². The summed E-state index contributed by atoms with van der Waals surface area (Å²) in [6, 6.07) is 23.2. The number of carbonyl (C=O) groups excluding carboxylic acids is 3.